The number of primary amides is 1. The fourth-order valence-corrected chi connectivity index (χ4v) is 3.49. The molecule has 0 aliphatic carbocycles. The Kier molecular flexibility index (Phi) is 8.44. The molecule has 0 unspecified atom stereocenters. The van der Waals surface area contributed by atoms with Crippen LogP contribution in [0.1, 0.15) is 11.1 Å². The molecule has 2 rings (SSSR count). The number of hydrogen-bond donors (Lipinski definition) is 2. The number of amides is 2. The Balaban J connectivity index is 1.74. The molecule has 0 heterocycles. The van der Waals surface area contributed by atoms with Crippen molar-refractivity contribution in [2.45, 2.75) is 5.75 Å². The number of carbonyl (C=O) groups excluding carboxylic acids is 2. The quantitative estimate of drug-likeness (QED) is 0.476. The third-order valence-electron chi connectivity index (χ3n) is 3.21. The van der Waals surface area contributed by atoms with E-state index in [0.29, 0.717) is 21.5 Å². The van der Waals surface area contributed by atoms with Gasteiger partial charge in [-0.25, -0.2) is 5.43 Å². The van der Waals surface area contributed by atoms with Crippen LogP contribution in [0.3, 0.4) is 0 Å². The molecule has 3 N–H and O–H groups in total. The molecule has 0 atom stereocenters. The van der Waals surface area contributed by atoms with Gasteiger partial charge in [0.2, 0.25) is 5.91 Å². The lowest BCUT2D eigenvalue weighted by Crippen LogP contribution is -2.20. The van der Waals surface area contributed by atoms with Crippen molar-refractivity contribution in [2.75, 3.05) is 12.4 Å². The van der Waals surface area contributed by atoms with Gasteiger partial charge >= 0.3 is 0 Å². The van der Waals surface area contributed by atoms with Gasteiger partial charge in [-0.3, -0.25) is 9.59 Å². The van der Waals surface area contributed by atoms with E-state index in [2.05, 4.69) is 10.5 Å². The van der Waals surface area contributed by atoms with E-state index in [0.717, 1.165) is 11.1 Å². The molecule has 9 heteroatoms. The van der Waals surface area contributed by atoms with Gasteiger partial charge in [-0.2, -0.15) is 5.10 Å². The molecule has 0 saturated heterocycles. The van der Waals surface area contributed by atoms with Gasteiger partial charge in [0, 0.05) is 15.8 Å². The number of nitrogens with zero attached hydrogens (tertiary/aromatic N) is 1. The standard InChI is InChI=1S/C18H17Cl2N3O3S/c19-15-2-1-3-16(20)14(15)10-27-11-18(25)23-22-8-12-4-6-13(7-5-12)26-9-17(21)24/h1-8H,9-11H2,(H2,21,24)(H,23,25)/b22-8-. The van der Waals surface area contributed by atoms with Gasteiger partial charge in [0.05, 0.1) is 12.0 Å². The first kappa shape index (κ1) is 21.1. The van der Waals surface area contributed by atoms with E-state index in [9.17, 15) is 9.59 Å². The Morgan fingerprint density at radius 2 is 1.81 bits per heavy atom. The number of nitrogens with one attached hydrogen (secondary N) is 1. The number of nitrogens with two attached hydrogens (primary N) is 1. The minimum atomic E-state index is -0.543. The molecule has 0 aliphatic heterocycles. The first-order valence-corrected chi connectivity index (χ1v) is 9.70. The minimum Gasteiger partial charge on any atom is -0.484 e. The molecule has 0 fully saturated rings. The maximum absolute atomic E-state index is 11.8. The predicted molar refractivity (Wildman–Crippen MR) is 109 cm³/mol. The summed E-state index contributed by atoms with van der Waals surface area (Å²) in [6, 6.07) is 12.1. The number of ether oxygens (including phenoxy) is 1. The molecule has 0 saturated carbocycles. The number of thioether (sulfide) groups is 1. The Hall–Kier alpha value is -2.22. The second kappa shape index (κ2) is 10.8. The molecule has 0 aliphatic rings. The third-order valence-corrected chi connectivity index (χ3v) is 4.87. The van der Waals surface area contributed by atoms with Crippen LogP contribution in [0.4, 0.5) is 0 Å². The number of rotatable bonds is 9. The summed E-state index contributed by atoms with van der Waals surface area (Å²) in [4.78, 5) is 22.5. The van der Waals surface area contributed by atoms with Crippen molar-refractivity contribution >= 4 is 53.0 Å². The van der Waals surface area contributed by atoms with Gasteiger partial charge in [-0.1, -0.05) is 29.3 Å². The molecular weight excluding hydrogens is 409 g/mol. The first-order valence-electron chi connectivity index (χ1n) is 7.79. The largest absolute Gasteiger partial charge is 0.484 e. The summed E-state index contributed by atoms with van der Waals surface area (Å²) >= 11 is 13.6. The summed E-state index contributed by atoms with van der Waals surface area (Å²) < 4.78 is 5.15. The molecule has 2 amide bonds. The number of benzene rings is 2. The topological polar surface area (TPSA) is 93.8 Å². The van der Waals surface area contributed by atoms with E-state index < -0.39 is 5.91 Å². The average molecular weight is 426 g/mol. The van der Waals surface area contributed by atoms with Crippen LogP contribution in [0.2, 0.25) is 10.0 Å². The average Bonchev–Trinajstić information content (AvgIpc) is 2.63. The molecule has 2 aromatic carbocycles. The van der Waals surface area contributed by atoms with E-state index in [1.165, 1.54) is 18.0 Å². The van der Waals surface area contributed by atoms with Gasteiger partial charge < -0.3 is 10.5 Å². The maximum atomic E-state index is 11.8. The number of hydrazone groups is 1. The summed E-state index contributed by atoms with van der Waals surface area (Å²) in [6.45, 7) is -0.180. The second-order valence-electron chi connectivity index (χ2n) is 5.31. The maximum Gasteiger partial charge on any atom is 0.255 e. The van der Waals surface area contributed by atoms with Crippen molar-refractivity contribution < 1.29 is 14.3 Å². The van der Waals surface area contributed by atoms with Gasteiger partial charge in [0.25, 0.3) is 5.91 Å². The highest BCUT2D eigenvalue weighted by Gasteiger charge is 2.07. The van der Waals surface area contributed by atoms with E-state index in [1.807, 2.05) is 0 Å². The summed E-state index contributed by atoms with van der Waals surface area (Å²) in [7, 11) is 0. The fourth-order valence-electron chi connectivity index (χ4n) is 1.93. The zero-order valence-electron chi connectivity index (χ0n) is 14.2. The lowest BCUT2D eigenvalue weighted by molar-refractivity contribution is -0.120. The van der Waals surface area contributed by atoms with Crippen LogP contribution in [0.15, 0.2) is 47.6 Å². The zero-order valence-corrected chi connectivity index (χ0v) is 16.5. The predicted octanol–water partition coefficient (Wildman–Crippen LogP) is 3.24. The van der Waals surface area contributed by atoms with Crippen LogP contribution in [0.5, 0.6) is 5.75 Å². The highest BCUT2D eigenvalue weighted by atomic mass is 35.5. The first-order chi connectivity index (χ1) is 13.0. The summed E-state index contributed by atoms with van der Waals surface area (Å²) in [5, 5.41) is 5.06. The van der Waals surface area contributed by atoms with E-state index >= 15 is 0 Å². The van der Waals surface area contributed by atoms with Crippen LogP contribution < -0.4 is 15.9 Å². The van der Waals surface area contributed by atoms with Crippen LogP contribution in [-0.2, 0) is 15.3 Å². The zero-order chi connectivity index (χ0) is 19.6. The third kappa shape index (κ3) is 7.50. The molecule has 0 aromatic heterocycles. The molecule has 0 spiro atoms. The summed E-state index contributed by atoms with van der Waals surface area (Å²) in [6.07, 6.45) is 1.51. The molecular formula is C18H17Cl2N3O3S. The molecule has 2 aromatic rings. The van der Waals surface area contributed by atoms with Gasteiger partial charge in [0.1, 0.15) is 5.75 Å². The molecule has 0 bridgehead atoms. The molecule has 142 valence electrons. The van der Waals surface area contributed by atoms with Crippen molar-refractivity contribution in [1.29, 1.82) is 0 Å². The van der Waals surface area contributed by atoms with Crippen LogP contribution in [-0.4, -0.2) is 30.4 Å². The highest BCUT2D eigenvalue weighted by molar-refractivity contribution is 7.99. The molecule has 0 radical (unpaired) electrons. The lowest BCUT2D eigenvalue weighted by atomic mass is 10.2. The Labute approximate surface area is 171 Å². The smallest absolute Gasteiger partial charge is 0.255 e. The van der Waals surface area contributed by atoms with Gasteiger partial charge in [0.15, 0.2) is 6.61 Å². The van der Waals surface area contributed by atoms with E-state index in [4.69, 9.17) is 33.7 Å². The van der Waals surface area contributed by atoms with Crippen LogP contribution in [0.25, 0.3) is 0 Å². The minimum absolute atomic E-state index is 0.180. The van der Waals surface area contributed by atoms with Crippen molar-refractivity contribution in [3.8, 4) is 5.75 Å². The Morgan fingerprint density at radius 3 is 2.44 bits per heavy atom. The molecule has 27 heavy (non-hydrogen) atoms. The van der Waals surface area contributed by atoms with Gasteiger partial charge in [-0.05, 0) is 47.5 Å². The Bertz CT molecular complexity index is 809. The Morgan fingerprint density at radius 1 is 1.15 bits per heavy atom. The number of hydrogen-bond acceptors (Lipinski definition) is 5. The van der Waals surface area contributed by atoms with Gasteiger partial charge in [-0.15, -0.1) is 11.8 Å². The summed E-state index contributed by atoms with van der Waals surface area (Å²) in [5.41, 5.74) is 9.03. The normalized spacial score (nSPS) is 10.7. The lowest BCUT2D eigenvalue weighted by Gasteiger charge is -2.06. The van der Waals surface area contributed by atoms with Crippen molar-refractivity contribution in [1.82, 2.24) is 5.43 Å². The SMILES string of the molecule is NC(=O)COc1ccc(/C=N\NC(=O)CSCc2c(Cl)cccc2Cl)cc1. The number of halogens is 2. The van der Waals surface area contributed by atoms with Crippen LogP contribution in [0, 0.1) is 0 Å². The van der Waals surface area contributed by atoms with E-state index in [-0.39, 0.29) is 18.3 Å². The van der Waals surface area contributed by atoms with Crippen molar-refractivity contribution in [3.63, 3.8) is 0 Å². The van der Waals surface area contributed by atoms with Crippen LogP contribution >= 0.6 is 35.0 Å². The summed E-state index contributed by atoms with van der Waals surface area (Å²) in [5.74, 6) is 0.491. The molecule has 6 nitrogen and oxygen atoms in total. The van der Waals surface area contributed by atoms with E-state index in [1.54, 1.807) is 42.5 Å². The number of carbonyl (C=O) groups is 2. The monoisotopic (exact) mass is 425 g/mol. The van der Waals surface area contributed by atoms with Crippen molar-refractivity contribution in [3.05, 3.63) is 63.6 Å². The second-order valence-corrected chi connectivity index (χ2v) is 7.11. The highest BCUT2D eigenvalue weighted by Crippen LogP contribution is 2.28. The van der Waals surface area contributed by atoms with Crippen molar-refractivity contribution in [2.24, 2.45) is 10.8 Å². The fraction of sp³-hybridized carbons (Fsp3) is 0.167.